The molecule has 1 aromatic heterocycles. The van der Waals surface area contributed by atoms with Crippen LogP contribution < -0.4 is 9.47 Å². The van der Waals surface area contributed by atoms with Crippen molar-refractivity contribution in [1.29, 1.82) is 0 Å². The molecule has 0 unspecified atom stereocenters. The third kappa shape index (κ3) is 4.67. The number of hydrogen-bond acceptors (Lipinski definition) is 6. The van der Waals surface area contributed by atoms with Crippen LogP contribution in [0.25, 0.3) is 0 Å². The average molecular weight is 424 g/mol. The van der Waals surface area contributed by atoms with Gasteiger partial charge in [0, 0.05) is 12.6 Å². The van der Waals surface area contributed by atoms with Crippen molar-refractivity contribution in [2.75, 3.05) is 12.9 Å². The topological polar surface area (TPSA) is 66.2 Å². The lowest BCUT2D eigenvalue weighted by molar-refractivity contribution is 0.102. The van der Waals surface area contributed by atoms with Gasteiger partial charge in [-0.2, -0.15) is 0 Å². The number of ketones is 1. The summed E-state index contributed by atoms with van der Waals surface area (Å²) in [6.45, 7) is 0.340. The third-order valence-corrected chi connectivity index (χ3v) is 6.36. The summed E-state index contributed by atoms with van der Waals surface area (Å²) in [6, 6.07) is 13.5. The molecular weight excluding hydrogens is 398 g/mol. The first-order chi connectivity index (χ1) is 14.6. The highest BCUT2D eigenvalue weighted by molar-refractivity contribution is 7.99. The lowest BCUT2D eigenvalue weighted by atomic mass is 9.92. The zero-order valence-electron chi connectivity index (χ0n) is 17.3. The van der Waals surface area contributed by atoms with Gasteiger partial charge in [-0.3, -0.25) is 4.79 Å². The number of thioether (sulfide) groups is 1. The minimum Gasteiger partial charge on any atom is -0.497 e. The summed E-state index contributed by atoms with van der Waals surface area (Å²) in [7, 11) is 3.48. The average Bonchev–Trinajstić information content (AvgIpc) is 3.15. The number of aromatic nitrogens is 3. The standard InChI is InChI=1S/C23H25N3O3S/c1-26-22(14-29-20-11-10-16-6-3-4-7-17(16)12-20)24-25-23(26)30-15-21(27)18-8-5-9-19(13-18)28-2/h5,8-13H,3-4,6-7,14-15H2,1-2H3. The third-order valence-electron chi connectivity index (χ3n) is 5.34. The molecule has 0 spiro atoms. The maximum Gasteiger partial charge on any atom is 0.191 e. The number of hydrogen-bond donors (Lipinski definition) is 0. The molecule has 0 N–H and O–H groups in total. The maximum atomic E-state index is 12.5. The summed E-state index contributed by atoms with van der Waals surface area (Å²) in [5.74, 6) is 2.56. The highest BCUT2D eigenvalue weighted by Gasteiger charge is 2.14. The molecule has 1 heterocycles. The Morgan fingerprint density at radius 1 is 1.07 bits per heavy atom. The molecule has 0 bridgehead atoms. The summed E-state index contributed by atoms with van der Waals surface area (Å²) in [4.78, 5) is 12.5. The molecule has 0 saturated carbocycles. The molecule has 0 amide bonds. The number of nitrogens with zero attached hydrogens (tertiary/aromatic N) is 3. The zero-order valence-corrected chi connectivity index (χ0v) is 18.1. The van der Waals surface area contributed by atoms with Gasteiger partial charge in [0.1, 0.15) is 18.1 Å². The second kappa shape index (κ2) is 9.34. The van der Waals surface area contributed by atoms with Crippen LogP contribution in [0.4, 0.5) is 0 Å². The fraction of sp³-hybridized carbons (Fsp3) is 0.348. The highest BCUT2D eigenvalue weighted by Crippen LogP contribution is 2.26. The lowest BCUT2D eigenvalue weighted by Crippen LogP contribution is -2.07. The summed E-state index contributed by atoms with van der Waals surface area (Å²) in [5, 5.41) is 9.14. The monoisotopic (exact) mass is 423 g/mol. The molecule has 156 valence electrons. The summed E-state index contributed by atoms with van der Waals surface area (Å²) in [5.41, 5.74) is 3.45. The van der Waals surface area contributed by atoms with Gasteiger partial charge in [0.25, 0.3) is 0 Å². The van der Waals surface area contributed by atoms with Crippen LogP contribution in [0.1, 0.15) is 40.2 Å². The molecule has 7 heteroatoms. The molecule has 2 aromatic carbocycles. The Hall–Kier alpha value is -2.80. The van der Waals surface area contributed by atoms with Crippen molar-refractivity contribution in [3.05, 3.63) is 65.0 Å². The van der Waals surface area contributed by atoms with E-state index < -0.39 is 0 Å². The van der Waals surface area contributed by atoms with Crippen LogP contribution in [0.3, 0.4) is 0 Å². The minimum absolute atomic E-state index is 0.0220. The largest absolute Gasteiger partial charge is 0.497 e. The van der Waals surface area contributed by atoms with Gasteiger partial charge in [-0.25, -0.2) is 0 Å². The Balaban J connectivity index is 1.35. The minimum atomic E-state index is 0.0220. The Kier molecular flexibility index (Phi) is 6.38. The number of Topliss-reactive ketones (excluding diaryl/α,β-unsaturated/α-hetero) is 1. The first kappa shape index (κ1) is 20.5. The summed E-state index contributed by atoms with van der Waals surface area (Å²) < 4.78 is 13.0. The summed E-state index contributed by atoms with van der Waals surface area (Å²) >= 11 is 1.37. The Morgan fingerprint density at radius 2 is 1.90 bits per heavy atom. The van der Waals surface area contributed by atoms with Gasteiger partial charge in [0.15, 0.2) is 16.8 Å². The molecule has 0 aliphatic heterocycles. The first-order valence-corrected chi connectivity index (χ1v) is 11.1. The number of benzene rings is 2. The van der Waals surface area contributed by atoms with E-state index in [-0.39, 0.29) is 11.5 Å². The van der Waals surface area contributed by atoms with Crippen molar-refractivity contribution in [2.24, 2.45) is 7.05 Å². The number of methoxy groups -OCH3 is 1. The molecule has 30 heavy (non-hydrogen) atoms. The zero-order chi connectivity index (χ0) is 20.9. The number of aryl methyl sites for hydroxylation is 2. The quantitative estimate of drug-likeness (QED) is 0.398. The van der Waals surface area contributed by atoms with Crippen LogP contribution >= 0.6 is 11.8 Å². The predicted molar refractivity (Wildman–Crippen MR) is 116 cm³/mol. The normalized spacial score (nSPS) is 13.0. The van der Waals surface area contributed by atoms with Crippen molar-refractivity contribution < 1.29 is 14.3 Å². The van der Waals surface area contributed by atoms with E-state index in [0.717, 1.165) is 24.4 Å². The van der Waals surface area contributed by atoms with Crippen molar-refractivity contribution >= 4 is 17.5 Å². The molecule has 0 atom stereocenters. The second-order valence-corrected chi connectivity index (χ2v) is 8.27. The van der Waals surface area contributed by atoms with Crippen molar-refractivity contribution in [3.8, 4) is 11.5 Å². The number of fused-ring (bicyclic) bond motifs is 1. The van der Waals surface area contributed by atoms with E-state index >= 15 is 0 Å². The predicted octanol–water partition coefficient (Wildman–Crippen LogP) is 4.26. The molecule has 1 aliphatic rings. The van der Waals surface area contributed by atoms with E-state index in [9.17, 15) is 4.79 Å². The fourth-order valence-corrected chi connectivity index (χ4v) is 4.38. The van der Waals surface area contributed by atoms with Crippen molar-refractivity contribution in [1.82, 2.24) is 14.8 Å². The van der Waals surface area contributed by atoms with Gasteiger partial charge in [0.05, 0.1) is 12.9 Å². The summed E-state index contributed by atoms with van der Waals surface area (Å²) in [6.07, 6.45) is 4.80. The molecular formula is C23H25N3O3S. The molecule has 0 radical (unpaired) electrons. The van der Waals surface area contributed by atoms with E-state index in [2.05, 4.69) is 22.3 Å². The maximum absolute atomic E-state index is 12.5. The van der Waals surface area contributed by atoms with E-state index in [4.69, 9.17) is 9.47 Å². The van der Waals surface area contributed by atoms with Crippen LogP contribution in [0, 0.1) is 0 Å². The number of ether oxygens (including phenoxy) is 2. The van der Waals surface area contributed by atoms with Gasteiger partial charge in [-0.05, 0) is 61.1 Å². The van der Waals surface area contributed by atoms with Crippen molar-refractivity contribution in [2.45, 2.75) is 37.4 Å². The smallest absolute Gasteiger partial charge is 0.191 e. The van der Waals surface area contributed by atoms with E-state index in [1.165, 1.54) is 35.7 Å². The van der Waals surface area contributed by atoms with Crippen LogP contribution in [-0.2, 0) is 26.5 Å². The molecule has 4 rings (SSSR count). The molecule has 6 nitrogen and oxygen atoms in total. The van der Waals surface area contributed by atoms with Gasteiger partial charge in [-0.1, -0.05) is 30.0 Å². The van der Waals surface area contributed by atoms with E-state index in [1.54, 1.807) is 19.2 Å². The number of rotatable bonds is 8. The molecule has 0 saturated heterocycles. The lowest BCUT2D eigenvalue weighted by Gasteiger charge is -2.16. The van der Waals surface area contributed by atoms with Gasteiger partial charge < -0.3 is 14.0 Å². The van der Waals surface area contributed by atoms with E-state index in [1.807, 2.05) is 29.8 Å². The number of carbonyl (C=O) groups excluding carboxylic acids is 1. The van der Waals surface area contributed by atoms with Crippen molar-refractivity contribution in [3.63, 3.8) is 0 Å². The molecule has 1 aliphatic carbocycles. The Bertz CT molecular complexity index is 1050. The SMILES string of the molecule is COc1cccc(C(=O)CSc2nnc(COc3ccc4c(c3)CCCC4)n2C)c1. The van der Waals surface area contributed by atoms with Gasteiger partial charge >= 0.3 is 0 Å². The van der Waals surface area contributed by atoms with Crippen LogP contribution in [-0.4, -0.2) is 33.4 Å². The highest BCUT2D eigenvalue weighted by atomic mass is 32.2. The number of carbonyl (C=O) groups is 1. The van der Waals surface area contributed by atoms with Crippen LogP contribution in [0.5, 0.6) is 11.5 Å². The van der Waals surface area contributed by atoms with Crippen LogP contribution in [0.2, 0.25) is 0 Å². The molecule has 3 aromatic rings. The second-order valence-electron chi connectivity index (χ2n) is 7.33. The van der Waals surface area contributed by atoms with Gasteiger partial charge in [-0.15, -0.1) is 10.2 Å². The first-order valence-electron chi connectivity index (χ1n) is 10.1. The molecule has 0 fully saturated rings. The van der Waals surface area contributed by atoms with E-state index in [0.29, 0.717) is 23.1 Å². The fourth-order valence-electron chi connectivity index (χ4n) is 3.55. The van der Waals surface area contributed by atoms with Crippen LogP contribution in [0.15, 0.2) is 47.6 Å². The van der Waals surface area contributed by atoms with Gasteiger partial charge in [0.2, 0.25) is 0 Å². The Morgan fingerprint density at radius 3 is 2.73 bits per heavy atom. The Labute approximate surface area is 180 Å².